The number of hydrogen-bond donors (Lipinski definition) is 1. The number of carbonyl (C=O) groups excluding carboxylic acids is 1. The minimum atomic E-state index is -0.448. The average Bonchev–Trinajstić information content (AvgIpc) is 3.54. The van der Waals surface area contributed by atoms with E-state index >= 15 is 0 Å². The molecule has 5 rings (SSSR count). The average molecular weight is 452 g/mol. The summed E-state index contributed by atoms with van der Waals surface area (Å²) in [5, 5.41) is 7.26. The topological polar surface area (TPSA) is 77.9 Å². The number of amides is 1. The number of hydrogen-bond acceptors (Lipinski definition) is 6. The van der Waals surface area contributed by atoms with E-state index in [4.69, 9.17) is 14.2 Å². The van der Waals surface area contributed by atoms with Gasteiger partial charge >= 0.3 is 0 Å². The van der Waals surface area contributed by atoms with Gasteiger partial charge in [0.2, 0.25) is 6.79 Å². The number of rotatable bonds is 7. The fourth-order valence-electron chi connectivity index (χ4n) is 4.42. The first-order chi connectivity index (χ1) is 16.1. The molecule has 1 aromatic heterocycles. The molecule has 3 aromatic rings. The van der Waals surface area contributed by atoms with Gasteiger partial charge in [0.25, 0.3) is 5.91 Å². The maximum Gasteiger partial charge on any atom is 0.255 e. The number of likely N-dealkylation sites (tertiary alicyclic amines) is 1. The molecule has 0 unspecified atom stereocenters. The van der Waals surface area contributed by atoms with Crippen LogP contribution in [0.25, 0.3) is 0 Å². The van der Waals surface area contributed by atoms with Crippen LogP contribution in [0.3, 0.4) is 0 Å². The Hall–Kier alpha value is -3.43. The van der Waals surface area contributed by atoms with Gasteiger partial charge in [0.15, 0.2) is 11.5 Å². The zero-order chi connectivity index (χ0) is 22.8. The molecular weight excluding hydrogens is 427 g/mol. The second-order valence-corrected chi connectivity index (χ2v) is 8.29. The number of anilines is 1. The van der Waals surface area contributed by atoms with Crippen molar-refractivity contribution in [3.8, 4) is 11.5 Å². The lowest BCUT2D eigenvalue weighted by Gasteiger charge is -2.23. The van der Waals surface area contributed by atoms with Gasteiger partial charge in [-0.2, -0.15) is 5.10 Å². The fourth-order valence-corrected chi connectivity index (χ4v) is 4.42. The molecule has 1 N–H and O–H groups in total. The van der Waals surface area contributed by atoms with Gasteiger partial charge in [-0.25, -0.2) is 4.39 Å². The predicted octanol–water partition coefficient (Wildman–Crippen LogP) is 3.47. The van der Waals surface area contributed by atoms with Crippen molar-refractivity contribution < 1.29 is 23.4 Å². The van der Waals surface area contributed by atoms with E-state index in [-0.39, 0.29) is 30.3 Å². The summed E-state index contributed by atoms with van der Waals surface area (Å²) in [6, 6.07) is 12.0. The van der Waals surface area contributed by atoms with Gasteiger partial charge in [0.1, 0.15) is 5.82 Å². The van der Waals surface area contributed by atoms with Crippen LogP contribution in [0.15, 0.2) is 54.9 Å². The Bertz CT molecular complexity index is 1150. The summed E-state index contributed by atoms with van der Waals surface area (Å²) in [4.78, 5) is 14.8. The van der Waals surface area contributed by atoms with E-state index in [1.54, 1.807) is 19.4 Å². The van der Waals surface area contributed by atoms with E-state index in [0.717, 1.165) is 36.6 Å². The lowest BCUT2D eigenvalue weighted by molar-refractivity contribution is 0.102. The molecular formula is C24H25FN4O4. The first-order valence-corrected chi connectivity index (χ1v) is 10.8. The van der Waals surface area contributed by atoms with Crippen LogP contribution >= 0.6 is 0 Å². The summed E-state index contributed by atoms with van der Waals surface area (Å²) in [6.07, 6.45) is 4.30. The Kier molecular flexibility index (Phi) is 5.97. The molecule has 9 heteroatoms. The van der Waals surface area contributed by atoms with Crippen LogP contribution in [0.4, 0.5) is 10.1 Å². The van der Waals surface area contributed by atoms with E-state index in [0.29, 0.717) is 12.3 Å². The van der Waals surface area contributed by atoms with Crippen molar-refractivity contribution in [1.82, 2.24) is 14.7 Å². The van der Waals surface area contributed by atoms with Crippen molar-refractivity contribution in [1.29, 1.82) is 0 Å². The van der Waals surface area contributed by atoms with Crippen LogP contribution in [-0.2, 0) is 11.3 Å². The van der Waals surface area contributed by atoms with Crippen LogP contribution in [0, 0.1) is 5.82 Å². The highest BCUT2D eigenvalue weighted by atomic mass is 19.1. The number of methoxy groups -OCH3 is 1. The largest absolute Gasteiger partial charge is 0.454 e. The molecule has 1 fully saturated rings. The molecule has 0 bridgehead atoms. The van der Waals surface area contributed by atoms with Crippen molar-refractivity contribution >= 4 is 11.6 Å². The lowest BCUT2D eigenvalue weighted by Crippen LogP contribution is -2.32. The molecule has 1 saturated heterocycles. The van der Waals surface area contributed by atoms with E-state index in [9.17, 15) is 9.18 Å². The number of aromatic nitrogens is 2. The predicted molar refractivity (Wildman–Crippen MR) is 119 cm³/mol. The number of halogens is 1. The van der Waals surface area contributed by atoms with Crippen LogP contribution < -0.4 is 14.8 Å². The number of ether oxygens (including phenoxy) is 3. The lowest BCUT2D eigenvalue weighted by atomic mass is 10.1. The Morgan fingerprint density at radius 2 is 2.12 bits per heavy atom. The van der Waals surface area contributed by atoms with Gasteiger partial charge in [-0.05, 0) is 42.3 Å². The SMILES string of the molecule is COC[C@@H]1C[C@H](n2cc(NC(=O)c3cccc(F)c3)cn2)CN1Cc1ccc2c(c1)OCO2. The van der Waals surface area contributed by atoms with Crippen molar-refractivity contribution in [2.75, 3.05) is 32.4 Å². The third-order valence-corrected chi connectivity index (χ3v) is 6.01. The first-order valence-electron chi connectivity index (χ1n) is 10.8. The highest BCUT2D eigenvalue weighted by Gasteiger charge is 2.33. The third-order valence-electron chi connectivity index (χ3n) is 6.01. The molecule has 2 aliphatic heterocycles. The van der Waals surface area contributed by atoms with Crippen LogP contribution in [0.2, 0.25) is 0 Å². The zero-order valence-electron chi connectivity index (χ0n) is 18.2. The van der Waals surface area contributed by atoms with E-state index < -0.39 is 5.82 Å². The van der Waals surface area contributed by atoms with Crippen LogP contribution in [-0.4, -0.2) is 53.7 Å². The molecule has 1 amide bonds. The van der Waals surface area contributed by atoms with Gasteiger partial charge in [0.05, 0.1) is 24.5 Å². The second kappa shape index (κ2) is 9.21. The van der Waals surface area contributed by atoms with Crippen molar-refractivity contribution in [2.24, 2.45) is 0 Å². The van der Waals surface area contributed by atoms with E-state index in [2.05, 4.69) is 21.4 Å². The Balaban J connectivity index is 1.26. The molecule has 0 aliphatic carbocycles. The maximum atomic E-state index is 13.4. The molecule has 2 aliphatic rings. The second-order valence-electron chi connectivity index (χ2n) is 8.29. The van der Waals surface area contributed by atoms with Crippen molar-refractivity contribution in [3.63, 3.8) is 0 Å². The Morgan fingerprint density at radius 1 is 1.24 bits per heavy atom. The molecule has 172 valence electrons. The minimum Gasteiger partial charge on any atom is -0.454 e. The van der Waals surface area contributed by atoms with Gasteiger partial charge in [-0.3, -0.25) is 14.4 Å². The summed E-state index contributed by atoms with van der Waals surface area (Å²) in [7, 11) is 1.71. The molecule has 3 heterocycles. The molecule has 2 atom stereocenters. The zero-order valence-corrected chi connectivity index (χ0v) is 18.2. The number of carbonyl (C=O) groups is 1. The molecule has 33 heavy (non-hydrogen) atoms. The normalized spacial score (nSPS) is 19.7. The summed E-state index contributed by atoms with van der Waals surface area (Å²) < 4.78 is 31.7. The minimum absolute atomic E-state index is 0.138. The van der Waals surface area contributed by atoms with E-state index in [1.165, 1.54) is 18.2 Å². The summed E-state index contributed by atoms with van der Waals surface area (Å²) in [5.41, 5.74) is 1.98. The standard InChI is InChI=1S/C24H25FN4O4/c1-31-14-21-9-20(13-28(21)11-16-5-6-22-23(7-16)33-15-32-22)29-12-19(10-26-29)27-24(30)17-3-2-4-18(25)8-17/h2-8,10,12,20-21H,9,11,13-15H2,1H3,(H,27,30)/t20-,21-/m0/s1. The summed E-state index contributed by atoms with van der Waals surface area (Å²) >= 11 is 0. The maximum absolute atomic E-state index is 13.4. The highest BCUT2D eigenvalue weighted by Crippen LogP contribution is 2.34. The molecule has 0 saturated carbocycles. The monoisotopic (exact) mass is 452 g/mol. The van der Waals surface area contributed by atoms with Crippen molar-refractivity contribution in [2.45, 2.75) is 25.0 Å². The molecule has 8 nitrogen and oxygen atoms in total. The third kappa shape index (κ3) is 4.69. The first kappa shape index (κ1) is 21.4. The van der Waals surface area contributed by atoms with Gasteiger partial charge in [0, 0.05) is 38.0 Å². The summed E-state index contributed by atoms with van der Waals surface area (Å²) in [6.45, 7) is 2.42. The smallest absolute Gasteiger partial charge is 0.255 e. The molecule has 0 radical (unpaired) electrons. The molecule has 2 aromatic carbocycles. The summed E-state index contributed by atoms with van der Waals surface area (Å²) in [5.74, 6) is 0.728. The van der Waals surface area contributed by atoms with Gasteiger partial charge < -0.3 is 19.5 Å². The van der Waals surface area contributed by atoms with Crippen LogP contribution in [0.1, 0.15) is 28.4 Å². The fraction of sp³-hybridized carbons (Fsp3) is 0.333. The number of benzene rings is 2. The highest BCUT2D eigenvalue weighted by molar-refractivity contribution is 6.04. The van der Waals surface area contributed by atoms with Gasteiger partial charge in [-0.15, -0.1) is 0 Å². The molecule has 0 spiro atoms. The van der Waals surface area contributed by atoms with E-state index in [1.807, 2.05) is 23.0 Å². The number of nitrogens with zero attached hydrogens (tertiary/aromatic N) is 3. The van der Waals surface area contributed by atoms with Crippen molar-refractivity contribution in [3.05, 3.63) is 71.8 Å². The number of nitrogens with one attached hydrogen (secondary N) is 1. The number of fused-ring (bicyclic) bond motifs is 1. The van der Waals surface area contributed by atoms with Crippen LogP contribution in [0.5, 0.6) is 11.5 Å². The Morgan fingerprint density at radius 3 is 2.97 bits per heavy atom. The quantitative estimate of drug-likeness (QED) is 0.592. The van der Waals surface area contributed by atoms with Gasteiger partial charge in [-0.1, -0.05) is 12.1 Å². The Labute approximate surface area is 190 Å².